The minimum atomic E-state index is 0.162. The van der Waals surface area contributed by atoms with Gasteiger partial charge in [0, 0.05) is 6.54 Å². The molecule has 0 spiro atoms. The molecule has 1 saturated carbocycles. The summed E-state index contributed by atoms with van der Waals surface area (Å²) < 4.78 is 5.46. The van der Waals surface area contributed by atoms with Gasteiger partial charge in [-0.15, -0.1) is 0 Å². The zero-order valence-electron chi connectivity index (χ0n) is 11.7. The minimum absolute atomic E-state index is 0.162. The highest BCUT2D eigenvalue weighted by Gasteiger charge is 2.33. The highest BCUT2D eigenvalue weighted by Crippen LogP contribution is 2.36. The number of phenolic OH excluding ortho intramolecular Hbond substituents is 1. The number of guanidine groups is 1. The highest BCUT2D eigenvalue weighted by molar-refractivity contribution is 5.80. The molecule has 1 aliphatic heterocycles. The molecule has 1 aliphatic carbocycles. The van der Waals surface area contributed by atoms with E-state index in [9.17, 15) is 5.11 Å². The molecule has 3 N–H and O–H groups in total. The maximum atomic E-state index is 9.79. The molecule has 0 bridgehead atoms. The fraction of sp³-hybridized carbons (Fsp3) is 0.533. The maximum absolute atomic E-state index is 9.79. The summed E-state index contributed by atoms with van der Waals surface area (Å²) in [6.45, 7) is 4.09. The molecule has 20 heavy (non-hydrogen) atoms. The van der Waals surface area contributed by atoms with E-state index in [0.717, 1.165) is 18.0 Å². The first-order chi connectivity index (χ1) is 9.69. The van der Waals surface area contributed by atoms with Gasteiger partial charge in [0.25, 0.3) is 0 Å². The summed E-state index contributed by atoms with van der Waals surface area (Å²) in [6, 6.07) is 5.67. The number of benzene rings is 1. The van der Waals surface area contributed by atoms with Gasteiger partial charge >= 0.3 is 0 Å². The van der Waals surface area contributed by atoms with Crippen LogP contribution in [0.5, 0.6) is 11.5 Å². The van der Waals surface area contributed by atoms with E-state index >= 15 is 0 Å². The van der Waals surface area contributed by atoms with Gasteiger partial charge in [-0.3, -0.25) is 4.99 Å². The molecule has 5 heteroatoms. The molecule has 0 amide bonds. The molecule has 1 heterocycles. The van der Waals surface area contributed by atoms with Crippen LogP contribution in [0.15, 0.2) is 23.2 Å². The van der Waals surface area contributed by atoms with Gasteiger partial charge in [0.15, 0.2) is 17.5 Å². The van der Waals surface area contributed by atoms with Crippen molar-refractivity contribution in [1.82, 2.24) is 4.90 Å². The van der Waals surface area contributed by atoms with Crippen molar-refractivity contribution in [2.45, 2.75) is 25.8 Å². The minimum Gasteiger partial charge on any atom is -0.504 e. The summed E-state index contributed by atoms with van der Waals surface area (Å²) in [5.74, 6) is 2.10. The second-order valence-corrected chi connectivity index (χ2v) is 5.47. The zero-order valence-corrected chi connectivity index (χ0v) is 11.7. The Bertz CT molecular complexity index is 526. The fourth-order valence-corrected chi connectivity index (χ4v) is 2.62. The molecule has 2 aliphatic rings. The van der Waals surface area contributed by atoms with Crippen LogP contribution in [0, 0.1) is 5.92 Å². The van der Waals surface area contributed by atoms with Gasteiger partial charge in [-0.1, -0.05) is 6.07 Å². The van der Waals surface area contributed by atoms with Crippen LogP contribution in [0.4, 0.5) is 0 Å². The monoisotopic (exact) mass is 275 g/mol. The number of rotatable bonds is 5. The van der Waals surface area contributed by atoms with E-state index in [1.54, 1.807) is 6.07 Å². The Kier molecular flexibility index (Phi) is 3.42. The SMILES string of the molecule is CCOc1cc(C2CN=C(N)N2CC2CC2)ccc1O. The van der Waals surface area contributed by atoms with Crippen molar-refractivity contribution >= 4 is 5.96 Å². The third-order valence-corrected chi connectivity index (χ3v) is 3.92. The van der Waals surface area contributed by atoms with Gasteiger partial charge < -0.3 is 20.5 Å². The topological polar surface area (TPSA) is 71.1 Å². The molecule has 1 aromatic rings. The Hall–Kier alpha value is -1.91. The lowest BCUT2D eigenvalue weighted by molar-refractivity contribution is 0.311. The van der Waals surface area contributed by atoms with Crippen LogP contribution >= 0.6 is 0 Å². The predicted molar refractivity (Wildman–Crippen MR) is 77.9 cm³/mol. The first-order valence-electron chi connectivity index (χ1n) is 7.21. The summed E-state index contributed by atoms with van der Waals surface area (Å²) in [5, 5.41) is 9.79. The van der Waals surface area contributed by atoms with Crippen LogP contribution in [-0.4, -0.2) is 35.7 Å². The second kappa shape index (κ2) is 5.23. The molecule has 0 aromatic heterocycles. The van der Waals surface area contributed by atoms with Crippen molar-refractivity contribution < 1.29 is 9.84 Å². The van der Waals surface area contributed by atoms with Gasteiger partial charge in [0.05, 0.1) is 19.2 Å². The Morgan fingerprint density at radius 1 is 1.45 bits per heavy atom. The van der Waals surface area contributed by atoms with Crippen molar-refractivity contribution in [3.63, 3.8) is 0 Å². The number of nitrogens with zero attached hydrogens (tertiary/aromatic N) is 2. The Morgan fingerprint density at radius 2 is 2.25 bits per heavy atom. The first-order valence-corrected chi connectivity index (χ1v) is 7.21. The molecular formula is C15H21N3O2. The maximum Gasteiger partial charge on any atom is 0.191 e. The lowest BCUT2D eigenvalue weighted by Crippen LogP contribution is -2.37. The van der Waals surface area contributed by atoms with Crippen molar-refractivity contribution in [1.29, 1.82) is 0 Å². The van der Waals surface area contributed by atoms with Gasteiger partial charge in [0.2, 0.25) is 0 Å². The van der Waals surface area contributed by atoms with Crippen LogP contribution < -0.4 is 10.5 Å². The molecule has 5 nitrogen and oxygen atoms in total. The molecule has 1 aromatic carbocycles. The summed E-state index contributed by atoms with van der Waals surface area (Å²) in [7, 11) is 0. The van der Waals surface area contributed by atoms with E-state index in [0.29, 0.717) is 24.9 Å². The highest BCUT2D eigenvalue weighted by atomic mass is 16.5. The molecule has 3 rings (SSSR count). The molecule has 0 saturated heterocycles. The normalized spacial score (nSPS) is 21.9. The van der Waals surface area contributed by atoms with Crippen molar-refractivity contribution in [3.05, 3.63) is 23.8 Å². The van der Waals surface area contributed by atoms with E-state index in [-0.39, 0.29) is 11.8 Å². The van der Waals surface area contributed by atoms with E-state index in [2.05, 4.69) is 9.89 Å². The van der Waals surface area contributed by atoms with Crippen LogP contribution in [0.3, 0.4) is 0 Å². The first kappa shape index (κ1) is 13.1. The predicted octanol–water partition coefficient (Wildman–Crippen LogP) is 1.87. The van der Waals surface area contributed by atoms with Gasteiger partial charge in [0.1, 0.15) is 0 Å². The summed E-state index contributed by atoms with van der Waals surface area (Å²) in [5.41, 5.74) is 7.10. The van der Waals surface area contributed by atoms with Crippen molar-refractivity contribution in [3.8, 4) is 11.5 Å². The smallest absolute Gasteiger partial charge is 0.191 e. The molecule has 1 atom stereocenters. The Labute approximate surface area is 119 Å². The fourth-order valence-electron chi connectivity index (χ4n) is 2.62. The van der Waals surface area contributed by atoms with Crippen LogP contribution in [0.1, 0.15) is 31.4 Å². The Balaban J connectivity index is 1.82. The third-order valence-electron chi connectivity index (χ3n) is 3.92. The van der Waals surface area contributed by atoms with Crippen molar-refractivity contribution in [2.75, 3.05) is 19.7 Å². The Morgan fingerprint density at radius 3 is 2.95 bits per heavy atom. The third kappa shape index (κ3) is 2.53. The number of aromatic hydroxyl groups is 1. The van der Waals surface area contributed by atoms with Crippen LogP contribution in [0.25, 0.3) is 0 Å². The van der Waals surface area contributed by atoms with E-state index in [4.69, 9.17) is 10.5 Å². The van der Waals surface area contributed by atoms with Crippen LogP contribution in [0.2, 0.25) is 0 Å². The second-order valence-electron chi connectivity index (χ2n) is 5.47. The molecule has 108 valence electrons. The average molecular weight is 275 g/mol. The number of hydrogen-bond donors (Lipinski definition) is 2. The zero-order chi connectivity index (χ0) is 14.1. The molecule has 0 radical (unpaired) electrons. The quantitative estimate of drug-likeness (QED) is 0.860. The number of hydrogen-bond acceptors (Lipinski definition) is 5. The molecule has 1 fully saturated rings. The van der Waals surface area contributed by atoms with Crippen molar-refractivity contribution in [2.24, 2.45) is 16.6 Å². The summed E-state index contributed by atoms with van der Waals surface area (Å²) in [6.07, 6.45) is 2.58. The number of aliphatic imine (C=N–C) groups is 1. The average Bonchev–Trinajstić information content (AvgIpc) is 3.18. The largest absolute Gasteiger partial charge is 0.504 e. The van der Waals surface area contributed by atoms with E-state index < -0.39 is 0 Å². The molecule has 1 unspecified atom stereocenters. The van der Waals surface area contributed by atoms with Gasteiger partial charge in [-0.25, -0.2) is 0 Å². The standard InChI is InChI=1S/C15H21N3O2/c1-2-20-14-7-11(5-6-13(14)19)12-8-17-15(16)18(12)9-10-3-4-10/h5-7,10,12,19H,2-4,8-9H2,1H3,(H2,16,17). The number of ether oxygens (including phenoxy) is 1. The van der Waals surface area contributed by atoms with E-state index in [1.807, 2.05) is 19.1 Å². The summed E-state index contributed by atoms with van der Waals surface area (Å²) >= 11 is 0. The number of nitrogens with two attached hydrogens (primary N) is 1. The van der Waals surface area contributed by atoms with Crippen LogP contribution in [-0.2, 0) is 0 Å². The lowest BCUT2D eigenvalue weighted by atomic mass is 10.1. The van der Waals surface area contributed by atoms with E-state index in [1.165, 1.54) is 12.8 Å². The lowest BCUT2D eigenvalue weighted by Gasteiger charge is -2.27. The molecular weight excluding hydrogens is 254 g/mol. The summed E-state index contributed by atoms with van der Waals surface area (Å²) in [4.78, 5) is 6.55. The van der Waals surface area contributed by atoms with Gasteiger partial charge in [-0.05, 0) is 43.4 Å². The number of phenols is 1. The van der Waals surface area contributed by atoms with Gasteiger partial charge in [-0.2, -0.15) is 0 Å².